The van der Waals surface area contributed by atoms with Crippen LogP contribution in [-0.4, -0.2) is 69.1 Å². The highest BCUT2D eigenvalue weighted by Gasteiger charge is 2.60. The van der Waals surface area contributed by atoms with Gasteiger partial charge in [0.1, 0.15) is 25.9 Å². The van der Waals surface area contributed by atoms with Crippen LogP contribution in [0, 0.1) is 52.3 Å². The molecular weight excluding hydrogens is 577 g/mol. The topological polar surface area (TPSA) is 91.3 Å². The first-order chi connectivity index (χ1) is 20.5. The average Bonchev–Trinajstić information content (AvgIpc) is 3.27. The zero-order chi connectivity index (χ0) is 32.3. The molecule has 0 radical (unpaired) electrons. The molecule has 9 heteroatoms. The number of phosphoric acid groups is 1. The smallest absolute Gasteiger partial charge is 0.432 e. The second-order valence-corrected chi connectivity index (χ2v) is 18.4. The number of quaternary nitrogens is 1. The molecule has 1 N–H and O–H groups in total. The largest absolute Gasteiger partial charge is 0.508 e. The lowest BCUT2D eigenvalue weighted by Gasteiger charge is -2.61. The van der Waals surface area contributed by atoms with E-state index in [1.165, 1.54) is 57.8 Å². The summed E-state index contributed by atoms with van der Waals surface area (Å²) in [6, 6.07) is 0. The highest BCUT2D eigenvalue weighted by atomic mass is 31.2. The van der Waals surface area contributed by atoms with Crippen LogP contribution in [0.3, 0.4) is 0 Å². The molecule has 10 atom stereocenters. The van der Waals surface area contributed by atoms with Crippen LogP contribution in [0.25, 0.3) is 0 Å². The first-order valence-corrected chi connectivity index (χ1v) is 19.3. The first-order valence-electron chi connectivity index (χ1n) is 17.8. The predicted molar refractivity (Wildman–Crippen MR) is 174 cm³/mol. The van der Waals surface area contributed by atoms with Crippen LogP contribution in [0.2, 0.25) is 0 Å². The Kier molecular flexibility index (Phi) is 12.0. The fraction of sp³-hybridized carbons (Fsp3) is 0.971. The Morgan fingerprint density at radius 3 is 2.27 bits per heavy atom. The van der Waals surface area contributed by atoms with Crippen molar-refractivity contribution in [3.05, 3.63) is 0 Å². The van der Waals surface area contributed by atoms with Crippen LogP contribution in [-0.2, 0) is 23.1 Å². The summed E-state index contributed by atoms with van der Waals surface area (Å²) in [5.41, 5.74) is 0.841. The van der Waals surface area contributed by atoms with Gasteiger partial charge in [0, 0.05) is 0 Å². The van der Waals surface area contributed by atoms with Gasteiger partial charge in [-0.25, -0.2) is 9.36 Å². The molecule has 0 spiro atoms. The van der Waals surface area contributed by atoms with E-state index in [4.69, 9.17) is 18.5 Å². The van der Waals surface area contributed by atoms with Crippen LogP contribution in [0.5, 0.6) is 0 Å². The Bertz CT molecular complexity index is 1000. The van der Waals surface area contributed by atoms with Crippen LogP contribution in [0.4, 0.5) is 4.79 Å². The van der Waals surface area contributed by atoms with Gasteiger partial charge in [-0.05, 0) is 110 Å². The van der Waals surface area contributed by atoms with E-state index in [0.29, 0.717) is 27.8 Å². The summed E-state index contributed by atoms with van der Waals surface area (Å²) >= 11 is 0. The molecule has 0 aromatic carbocycles. The van der Waals surface area contributed by atoms with E-state index in [1.807, 2.05) is 21.1 Å². The van der Waals surface area contributed by atoms with Gasteiger partial charge in [-0.2, -0.15) is 0 Å². The van der Waals surface area contributed by atoms with Crippen molar-refractivity contribution in [2.45, 2.75) is 118 Å². The van der Waals surface area contributed by atoms with Gasteiger partial charge in [0.25, 0.3) is 0 Å². The lowest BCUT2D eigenvalue weighted by Crippen LogP contribution is -2.54. The molecule has 0 amide bonds. The molecule has 0 aromatic heterocycles. The average molecular weight is 643 g/mol. The Hall–Kier alpha value is -0.660. The van der Waals surface area contributed by atoms with Gasteiger partial charge in [0.2, 0.25) is 0 Å². The van der Waals surface area contributed by atoms with Crippen molar-refractivity contribution in [3.8, 4) is 0 Å². The molecule has 4 saturated carbocycles. The quantitative estimate of drug-likeness (QED) is 0.0880. The molecule has 1 unspecified atom stereocenters. The molecule has 4 aliphatic carbocycles. The molecule has 0 aliphatic heterocycles. The van der Waals surface area contributed by atoms with Crippen molar-refractivity contribution in [2.75, 3.05) is 47.5 Å². The third-order valence-corrected chi connectivity index (χ3v) is 13.7. The fourth-order valence-corrected chi connectivity index (χ4v) is 11.0. The van der Waals surface area contributed by atoms with Gasteiger partial charge in [-0.3, -0.25) is 9.05 Å². The fourth-order valence-electron chi connectivity index (χ4n) is 10.3. The molecule has 4 rings (SSSR count). The number of ether oxygens (including phenoxy) is 2. The molecule has 8 nitrogen and oxygen atoms in total. The maximum atomic E-state index is 12.5. The van der Waals surface area contributed by atoms with E-state index >= 15 is 0 Å². The van der Waals surface area contributed by atoms with Gasteiger partial charge < -0.3 is 18.9 Å². The molecule has 0 saturated heterocycles. The molecule has 256 valence electrons. The van der Waals surface area contributed by atoms with Gasteiger partial charge in [-0.1, -0.05) is 53.9 Å². The predicted octanol–water partition coefficient (Wildman–Crippen LogP) is 8.47. The van der Waals surface area contributed by atoms with Crippen molar-refractivity contribution in [3.63, 3.8) is 0 Å². The van der Waals surface area contributed by atoms with E-state index in [0.717, 1.165) is 54.8 Å². The number of carbonyl (C=O) groups is 1. The lowest BCUT2D eigenvalue weighted by atomic mass is 9.44. The third kappa shape index (κ3) is 8.82. The monoisotopic (exact) mass is 642 g/mol. The molecule has 44 heavy (non-hydrogen) atoms. The minimum absolute atomic E-state index is 0.0990. The second-order valence-electron chi connectivity index (χ2n) is 16.9. The highest BCUT2D eigenvalue weighted by Crippen LogP contribution is 2.68. The number of carbonyl (C=O) groups excluding carboxylic acids is 1. The van der Waals surface area contributed by atoms with Gasteiger partial charge in [0.05, 0.1) is 27.7 Å². The zero-order valence-corrected chi connectivity index (χ0v) is 30.1. The number of fused-ring (bicyclic) bond motifs is 5. The lowest BCUT2D eigenvalue weighted by molar-refractivity contribution is -0.870. The SMILES string of the molecule is CC(C)CCC[C@@H](C)[C@H]1CC[C@H]2[C@@H]3CC[C@H]4C[C@@H](OC(=O)OCCOP(=O)(O)OCC[N+](C)(C)C)CC[C@]4(C)[C@H]3CC[C@]12C. The van der Waals surface area contributed by atoms with Crippen molar-refractivity contribution in [1.82, 2.24) is 0 Å². The summed E-state index contributed by atoms with van der Waals surface area (Å²) in [6.45, 7) is 12.8. The van der Waals surface area contributed by atoms with Crippen LogP contribution in [0.15, 0.2) is 0 Å². The second kappa shape index (κ2) is 14.6. The molecular formula is C35H65NO7P+. The number of rotatable bonds is 14. The van der Waals surface area contributed by atoms with E-state index in [9.17, 15) is 14.3 Å². The maximum Gasteiger partial charge on any atom is 0.508 e. The van der Waals surface area contributed by atoms with Crippen LogP contribution < -0.4 is 0 Å². The Morgan fingerprint density at radius 1 is 0.886 bits per heavy atom. The summed E-state index contributed by atoms with van der Waals surface area (Å²) < 4.78 is 33.5. The Morgan fingerprint density at radius 2 is 1.57 bits per heavy atom. The van der Waals surface area contributed by atoms with E-state index < -0.39 is 14.0 Å². The molecule has 4 fully saturated rings. The number of nitrogens with zero attached hydrogens (tertiary/aromatic N) is 1. The number of likely N-dealkylation sites (N-methyl/N-ethyl adjacent to an activating group) is 1. The molecule has 4 aliphatic rings. The summed E-state index contributed by atoms with van der Waals surface area (Å²) in [5.74, 6) is 5.63. The first kappa shape index (κ1) is 36.2. The van der Waals surface area contributed by atoms with Crippen molar-refractivity contribution < 1.29 is 37.3 Å². The van der Waals surface area contributed by atoms with Crippen LogP contribution >= 0.6 is 7.82 Å². The Labute approximate surface area is 268 Å². The number of hydrogen-bond donors (Lipinski definition) is 1. The standard InChI is InChI=1S/C35H64NO7P/c1-25(2)10-9-11-26(3)30-14-15-31-29-13-12-27-24-28(16-18-34(27,4)32(29)17-19-35(30,31)5)43-33(37)40-22-23-42-44(38,39)41-21-20-36(6,7)8/h25-32H,9-24H2,1-8H3/p+1/t26-,27+,28+,29+,30-,31+,32+,34+,35-/m1/s1. The third-order valence-electron chi connectivity index (χ3n) is 12.7. The van der Waals surface area contributed by atoms with E-state index in [-0.39, 0.29) is 25.9 Å². The summed E-state index contributed by atoms with van der Waals surface area (Å²) in [6.07, 6.45) is 14.3. The van der Waals surface area contributed by atoms with Gasteiger partial charge >= 0.3 is 14.0 Å². The summed E-state index contributed by atoms with van der Waals surface area (Å²) in [4.78, 5) is 22.3. The summed E-state index contributed by atoms with van der Waals surface area (Å²) in [5, 5.41) is 0. The van der Waals surface area contributed by atoms with Crippen molar-refractivity contribution in [1.29, 1.82) is 0 Å². The minimum Gasteiger partial charge on any atom is -0.432 e. The molecule has 0 aromatic rings. The minimum atomic E-state index is -4.18. The van der Waals surface area contributed by atoms with Crippen molar-refractivity contribution >= 4 is 14.0 Å². The van der Waals surface area contributed by atoms with Crippen LogP contribution in [0.1, 0.15) is 112 Å². The maximum absolute atomic E-state index is 12.5. The Balaban J connectivity index is 1.22. The highest BCUT2D eigenvalue weighted by molar-refractivity contribution is 7.47. The zero-order valence-electron chi connectivity index (χ0n) is 29.2. The van der Waals surface area contributed by atoms with E-state index in [2.05, 4.69) is 34.6 Å². The van der Waals surface area contributed by atoms with Crippen molar-refractivity contribution in [2.24, 2.45) is 52.3 Å². The number of phosphoric ester groups is 1. The molecule has 0 heterocycles. The summed E-state index contributed by atoms with van der Waals surface area (Å²) in [7, 11) is 1.72. The normalized spacial score (nSPS) is 37.4. The number of hydrogen-bond acceptors (Lipinski definition) is 6. The van der Waals surface area contributed by atoms with Gasteiger partial charge in [0.15, 0.2) is 0 Å². The van der Waals surface area contributed by atoms with Gasteiger partial charge in [-0.15, -0.1) is 0 Å². The van der Waals surface area contributed by atoms with E-state index in [1.54, 1.807) is 0 Å². The molecule has 0 bridgehead atoms.